The lowest BCUT2D eigenvalue weighted by Crippen LogP contribution is -2.06. The van der Waals surface area contributed by atoms with Gasteiger partial charge in [0.2, 0.25) is 0 Å². The third-order valence-electron chi connectivity index (χ3n) is 6.12. The Morgan fingerprint density at radius 3 is 2.27 bits per heavy atom. The lowest BCUT2D eigenvalue weighted by molar-refractivity contribution is 0.624. The molecule has 1 aliphatic rings. The second-order valence-electron chi connectivity index (χ2n) is 8.27. The fourth-order valence-electron chi connectivity index (χ4n) is 4.43. The zero-order valence-corrected chi connectivity index (χ0v) is 18.2. The molecule has 156 valence electrons. The summed E-state index contributed by atoms with van der Waals surface area (Å²) in [5, 5.41) is 0.0483. The minimum atomic E-state index is -0.529. The molecule has 3 heteroatoms. The summed E-state index contributed by atoms with van der Waals surface area (Å²) in [6.07, 6.45) is 9.34. The Morgan fingerprint density at radius 2 is 1.50 bits per heavy atom. The molecule has 0 spiro atoms. The summed E-state index contributed by atoms with van der Waals surface area (Å²) in [7, 11) is 0. The highest BCUT2D eigenvalue weighted by molar-refractivity contribution is 6.30. The summed E-state index contributed by atoms with van der Waals surface area (Å²) in [4.78, 5) is 0. The van der Waals surface area contributed by atoms with Crippen LogP contribution in [-0.2, 0) is 19.3 Å². The van der Waals surface area contributed by atoms with E-state index < -0.39 is 5.82 Å². The number of hydrogen-bond acceptors (Lipinski definition) is 0. The molecule has 0 unspecified atom stereocenters. The van der Waals surface area contributed by atoms with Crippen LogP contribution >= 0.6 is 11.6 Å². The summed E-state index contributed by atoms with van der Waals surface area (Å²) in [5.41, 5.74) is 6.82. The first-order chi connectivity index (χ1) is 14.6. The van der Waals surface area contributed by atoms with Crippen LogP contribution in [-0.4, -0.2) is 0 Å². The van der Waals surface area contributed by atoms with Gasteiger partial charge in [-0.2, -0.15) is 0 Å². The topological polar surface area (TPSA) is 0 Å². The molecular formula is C27H27ClF2. The van der Waals surface area contributed by atoms with Crippen molar-refractivity contribution >= 4 is 11.6 Å². The SMILES string of the molecule is CCCCCCCc1ccc2c(c1)CCc1cc(-c3ccc(Cl)c(F)c3)c(F)cc1-2. The average Bonchev–Trinajstić information content (AvgIpc) is 2.75. The van der Waals surface area contributed by atoms with Gasteiger partial charge in [0.15, 0.2) is 0 Å². The number of unbranched alkanes of at least 4 members (excludes halogenated alkanes) is 4. The van der Waals surface area contributed by atoms with Crippen LogP contribution in [0, 0.1) is 11.6 Å². The second-order valence-corrected chi connectivity index (χ2v) is 8.68. The Labute approximate surface area is 182 Å². The van der Waals surface area contributed by atoms with Crippen molar-refractivity contribution in [3.8, 4) is 22.3 Å². The van der Waals surface area contributed by atoms with Crippen molar-refractivity contribution in [3.63, 3.8) is 0 Å². The number of fused-ring (bicyclic) bond motifs is 3. The molecule has 1 aliphatic carbocycles. The third kappa shape index (κ3) is 4.44. The smallest absolute Gasteiger partial charge is 0.142 e. The van der Waals surface area contributed by atoms with E-state index in [0.717, 1.165) is 36.0 Å². The monoisotopic (exact) mass is 424 g/mol. The Kier molecular flexibility index (Phi) is 6.53. The zero-order valence-electron chi connectivity index (χ0n) is 17.4. The van der Waals surface area contributed by atoms with Gasteiger partial charge in [-0.15, -0.1) is 0 Å². The van der Waals surface area contributed by atoms with E-state index in [2.05, 4.69) is 25.1 Å². The number of rotatable bonds is 7. The Hall–Kier alpha value is -2.19. The number of benzene rings is 3. The number of hydrogen-bond donors (Lipinski definition) is 0. The largest absolute Gasteiger partial charge is 0.206 e. The van der Waals surface area contributed by atoms with Gasteiger partial charge in [0.25, 0.3) is 0 Å². The van der Waals surface area contributed by atoms with Gasteiger partial charge in [0.05, 0.1) is 5.02 Å². The van der Waals surface area contributed by atoms with E-state index in [0.29, 0.717) is 11.1 Å². The molecule has 0 saturated carbocycles. The van der Waals surface area contributed by atoms with Gasteiger partial charge in [-0.05, 0) is 83.3 Å². The summed E-state index contributed by atoms with van der Waals surface area (Å²) >= 11 is 5.78. The van der Waals surface area contributed by atoms with Gasteiger partial charge >= 0.3 is 0 Å². The van der Waals surface area contributed by atoms with E-state index in [4.69, 9.17) is 11.6 Å². The lowest BCUT2D eigenvalue weighted by Gasteiger charge is -2.22. The molecule has 30 heavy (non-hydrogen) atoms. The average molecular weight is 425 g/mol. The van der Waals surface area contributed by atoms with Crippen LogP contribution in [0.5, 0.6) is 0 Å². The van der Waals surface area contributed by atoms with Gasteiger partial charge in [-0.25, -0.2) is 8.78 Å². The Balaban J connectivity index is 1.58. The third-order valence-corrected chi connectivity index (χ3v) is 6.42. The van der Waals surface area contributed by atoms with E-state index in [1.54, 1.807) is 12.1 Å². The predicted molar refractivity (Wildman–Crippen MR) is 122 cm³/mol. The molecule has 0 fully saturated rings. The van der Waals surface area contributed by atoms with Crippen molar-refractivity contribution in [1.29, 1.82) is 0 Å². The first-order valence-electron chi connectivity index (χ1n) is 11.0. The zero-order chi connectivity index (χ0) is 21.1. The summed E-state index contributed by atoms with van der Waals surface area (Å²) < 4.78 is 28.8. The summed E-state index contributed by atoms with van der Waals surface area (Å²) in [6.45, 7) is 2.24. The summed E-state index contributed by atoms with van der Waals surface area (Å²) in [5.74, 6) is -0.859. The normalized spacial score (nSPS) is 12.5. The van der Waals surface area contributed by atoms with Crippen molar-refractivity contribution < 1.29 is 8.78 Å². The Bertz CT molecular complexity index is 1050. The minimum Gasteiger partial charge on any atom is -0.206 e. The molecular weight excluding hydrogens is 398 g/mol. The minimum absolute atomic E-state index is 0.0483. The molecule has 4 rings (SSSR count). The second kappa shape index (κ2) is 9.31. The van der Waals surface area contributed by atoms with E-state index in [1.165, 1.54) is 55.4 Å². The van der Waals surface area contributed by atoms with Crippen LogP contribution in [0.25, 0.3) is 22.3 Å². The molecule has 0 amide bonds. The van der Waals surface area contributed by atoms with Crippen molar-refractivity contribution in [2.24, 2.45) is 0 Å². The Morgan fingerprint density at radius 1 is 0.733 bits per heavy atom. The maximum absolute atomic E-state index is 15.0. The van der Waals surface area contributed by atoms with E-state index in [1.807, 2.05) is 6.07 Å². The van der Waals surface area contributed by atoms with E-state index in [-0.39, 0.29) is 10.8 Å². The van der Waals surface area contributed by atoms with Crippen LogP contribution in [0.1, 0.15) is 55.7 Å². The number of aryl methyl sites for hydroxylation is 3. The fraction of sp³-hybridized carbons (Fsp3) is 0.333. The van der Waals surface area contributed by atoms with E-state index in [9.17, 15) is 8.78 Å². The standard InChI is InChI=1S/C27H27ClF2/c1-2-3-4-5-6-7-18-8-12-22-19(14-18)9-10-20-15-24(26(29)17-23(20)22)21-11-13-25(28)27(30)16-21/h8,11-17H,2-7,9-10H2,1H3. The molecule has 3 aromatic carbocycles. The van der Waals surface area contributed by atoms with Gasteiger partial charge < -0.3 is 0 Å². The molecule has 0 heterocycles. The van der Waals surface area contributed by atoms with Crippen molar-refractivity contribution in [1.82, 2.24) is 0 Å². The highest BCUT2D eigenvalue weighted by atomic mass is 35.5. The first-order valence-corrected chi connectivity index (χ1v) is 11.3. The van der Waals surface area contributed by atoms with Gasteiger partial charge in [-0.3, -0.25) is 0 Å². The van der Waals surface area contributed by atoms with Crippen molar-refractivity contribution in [2.45, 2.75) is 58.3 Å². The predicted octanol–water partition coefficient (Wildman–Crippen LogP) is 8.56. The molecule has 0 aromatic heterocycles. The maximum atomic E-state index is 15.0. The quantitative estimate of drug-likeness (QED) is 0.333. The fourth-order valence-corrected chi connectivity index (χ4v) is 4.55. The summed E-state index contributed by atoms with van der Waals surface area (Å²) in [6, 6.07) is 14.6. The lowest BCUT2D eigenvalue weighted by atomic mass is 9.83. The molecule has 0 N–H and O–H groups in total. The molecule has 0 aliphatic heterocycles. The highest BCUT2D eigenvalue weighted by Crippen LogP contribution is 2.38. The van der Waals surface area contributed by atoms with Gasteiger partial charge in [-0.1, -0.05) is 68.5 Å². The van der Waals surface area contributed by atoms with Crippen LogP contribution in [0.15, 0.2) is 48.5 Å². The number of halogens is 3. The van der Waals surface area contributed by atoms with Crippen LogP contribution < -0.4 is 0 Å². The van der Waals surface area contributed by atoms with Gasteiger partial charge in [0, 0.05) is 5.56 Å². The van der Waals surface area contributed by atoms with Crippen LogP contribution in [0.3, 0.4) is 0 Å². The highest BCUT2D eigenvalue weighted by Gasteiger charge is 2.20. The van der Waals surface area contributed by atoms with Crippen molar-refractivity contribution in [3.05, 3.63) is 81.9 Å². The van der Waals surface area contributed by atoms with E-state index >= 15 is 0 Å². The molecule has 0 radical (unpaired) electrons. The molecule has 0 bridgehead atoms. The van der Waals surface area contributed by atoms with Crippen LogP contribution in [0.4, 0.5) is 8.78 Å². The molecule has 0 nitrogen and oxygen atoms in total. The molecule has 3 aromatic rings. The van der Waals surface area contributed by atoms with Crippen molar-refractivity contribution in [2.75, 3.05) is 0 Å². The van der Waals surface area contributed by atoms with Gasteiger partial charge in [0.1, 0.15) is 11.6 Å². The molecule has 0 atom stereocenters. The molecule has 0 saturated heterocycles. The maximum Gasteiger partial charge on any atom is 0.142 e. The van der Waals surface area contributed by atoms with Crippen LogP contribution in [0.2, 0.25) is 5.02 Å². The first kappa shape index (κ1) is 21.1.